The van der Waals surface area contributed by atoms with Gasteiger partial charge < -0.3 is 10.2 Å². The Morgan fingerprint density at radius 2 is 2.11 bits per heavy atom. The maximum atomic E-state index is 11.8. The van der Waals surface area contributed by atoms with Crippen molar-refractivity contribution >= 4 is 5.91 Å². The smallest absolute Gasteiger partial charge is 0.237 e. The Morgan fingerprint density at radius 1 is 1.44 bits per heavy atom. The predicted molar refractivity (Wildman–Crippen MR) is 71.9 cm³/mol. The quantitative estimate of drug-likeness (QED) is 0.783. The summed E-state index contributed by atoms with van der Waals surface area (Å²) in [4.78, 5) is 14.2. The average molecular weight is 251 g/mol. The Balaban J connectivity index is 2.25. The number of hydrogen-bond acceptors (Lipinski definition) is 3. The molecule has 1 amide bonds. The number of likely N-dealkylation sites (tertiary alicyclic amines) is 1. The Bertz CT molecular complexity index is 290. The van der Waals surface area contributed by atoms with Crippen molar-refractivity contribution in [2.24, 2.45) is 11.8 Å². The molecule has 0 aromatic heterocycles. The van der Waals surface area contributed by atoms with Crippen molar-refractivity contribution in [1.82, 2.24) is 10.2 Å². The van der Waals surface area contributed by atoms with Crippen LogP contribution in [0, 0.1) is 23.2 Å². The predicted octanol–water partition coefficient (Wildman–Crippen LogP) is 1.77. The van der Waals surface area contributed by atoms with Crippen molar-refractivity contribution in [3.8, 4) is 6.07 Å². The molecule has 1 aliphatic heterocycles. The van der Waals surface area contributed by atoms with Crippen molar-refractivity contribution in [2.75, 3.05) is 26.2 Å². The van der Waals surface area contributed by atoms with Gasteiger partial charge >= 0.3 is 0 Å². The molecule has 1 heterocycles. The van der Waals surface area contributed by atoms with Gasteiger partial charge in [-0.05, 0) is 44.8 Å². The fourth-order valence-electron chi connectivity index (χ4n) is 2.42. The van der Waals surface area contributed by atoms with E-state index in [2.05, 4.69) is 23.2 Å². The van der Waals surface area contributed by atoms with Crippen LogP contribution in [0.5, 0.6) is 0 Å². The van der Waals surface area contributed by atoms with Gasteiger partial charge in [0.05, 0.1) is 6.07 Å². The maximum Gasteiger partial charge on any atom is 0.237 e. The Hall–Kier alpha value is -1.08. The molecule has 1 unspecified atom stereocenters. The van der Waals surface area contributed by atoms with E-state index in [0.29, 0.717) is 12.3 Å². The first kappa shape index (κ1) is 15.0. The Labute approximate surface area is 110 Å². The van der Waals surface area contributed by atoms with Crippen LogP contribution in [0.25, 0.3) is 0 Å². The largest absolute Gasteiger partial charge is 0.355 e. The fraction of sp³-hybridized carbons (Fsp3) is 0.857. The second-order valence-electron chi connectivity index (χ2n) is 5.09. The summed E-state index contributed by atoms with van der Waals surface area (Å²) in [7, 11) is 0. The summed E-state index contributed by atoms with van der Waals surface area (Å²) in [6, 6.07) is 2.09. The number of carbonyl (C=O) groups excluding carboxylic acids is 1. The molecular weight excluding hydrogens is 226 g/mol. The van der Waals surface area contributed by atoms with Crippen molar-refractivity contribution in [1.29, 1.82) is 5.26 Å². The third-order valence-electron chi connectivity index (χ3n) is 3.77. The minimum atomic E-state index is -0.467. The fourth-order valence-corrected chi connectivity index (χ4v) is 2.42. The molecule has 102 valence electrons. The highest BCUT2D eigenvalue weighted by atomic mass is 16.1. The topological polar surface area (TPSA) is 56.1 Å². The highest BCUT2D eigenvalue weighted by Crippen LogP contribution is 2.16. The number of nitrogens with one attached hydrogen (secondary N) is 1. The molecule has 1 N–H and O–H groups in total. The first-order valence-electron chi connectivity index (χ1n) is 7.10. The lowest BCUT2D eigenvalue weighted by Crippen LogP contribution is -2.39. The summed E-state index contributed by atoms with van der Waals surface area (Å²) in [6.07, 6.45) is 3.84. The summed E-state index contributed by atoms with van der Waals surface area (Å²) in [5, 5.41) is 11.9. The van der Waals surface area contributed by atoms with Crippen LogP contribution in [0.4, 0.5) is 0 Å². The Kier molecular flexibility index (Phi) is 6.74. The molecule has 0 saturated carbocycles. The van der Waals surface area contributed by atoms with Crippen LogP contribution in [0.1, 0.15) is 39.5 Å². The summed E-state index contributed by atoms with van der Waals surface area (Å²) in [5.41, 5.74) is 0. The van der Waals surface area contributed by atoms with Crippen molar-refractivity contribution in [3.05, 3.63) is 0 Å². The molecule has 1 atom stereocenters. The van der Waals surface area contributed by atoms with E-state index in [-0.39, 0.29) is 5.91 Å². The third-order valence-corrected chi connectivity index (χ3v) is 3.77. The highest BCUT2D eigenvalue weighted by molar-refractivity contribution is 5.80. The molecule has 4 nitrogen and oxygen atoms in total. The summed E-state index contributed by atoms with van der Waals surface area (Å²) in [5.74, 6) is 0.0284. The number of carbonyl (C=O) groups is 1. The number of piperidine rings is 1. The Morgan fingerprint density at radius 3 is 2.61 bits per heavy atom. The minimum Gasteiger partial charge on any atom is -0.355 e. The molecule has 0 aromatic carbocycles. The summed E-state index contributed by atoms with van der Waals surface area (Å²) >= 11 is 0. The number of amides is 1. The molecule has 18 heavy (non-hydrogen) atoms. The average Bonchev–Trinajstić information content (AvgIpc) is 2.42. The minimum absolute atomic E-state index is 0.0859. The van der Waals surface area contributed by atoms with Gasteiger partial charge in [-0.1, -0.05) is 20.3 Å². The van der Waals surface area contributed by atoms with E-state index in [9.17, 15) is 4.79 Å². The maximum absolute atomic E-state index is 11.8. The zero-order chi connectivity index (χ0) is 13.4. The van der Waals surface area contributed by atoms with Crippen LogP contribution in [-0.2, 0) is 4.79 Å². The van der Waals surface area contributed by atoms with Gasteiger partial charge in [0.2, 0.25) is 5.91 Å². The normalized spacial score (nSPS) is 19.2. The second kappa shape index (κ2) is 8.10. The molecule has 0 aliphatic carbocycles. The van der Waals surface area contributed by atoms with Crippen molar-refractivity contribution in [2.45, 2.75) is 39.5 Å². The van der Waals surface area contributed by atoms with Crippen LogP contribution < -0.4 is 5.32 Å². The van der Waals surface area contributed by atoms with Gasteiger partial charge in [-0.25, -0.2) is 0 Å². The van der Waals surface area contributed by atoms with Gasteiger partial charge in [-0.2, -0.15) is 5.26 Å². The summed E-state index contributed by atoms with van der Waals surface area (Å²) in [6.45, 7) is 8.30. The zero-order valence-corrected chi connectivity index (χ0v) is 11.6. The molecule has 0 aromatic rings. The van der Waals surface area contributed by atoms with Crippen LogP contribution in [0.2, 0.25) is 0 Å². The van der Waals surface area contributed by atoms with Gasteiger partial charge in [0.1, 0.15) is 5.92 Å². The summed E-state index contributed by atoms with van der Waals surface area (Å²) < 4.78 is 0. The molecule has 0 radical (unpaired) electrons. The van der Waals surface area contributed by atoms with Crippen LogP contribution in [0.15, 0.2) is 0 Å². The van der Waals surface area contributed by atoms with Gasteiger partial charge in [0.15, 0.2) is 0 Å². The monoisotopic (exact) mass is 251 g/mol. The van der Waals surface area contributed by atoms with Crippen LogP contribution >= 0.6 is 0 Å². The molecule has 1 fully saturated rings. The van der Waals surface area contributed by atoms with Gasteiger partial charge in [-0.15, -0.1) is 0 Å². The number of nitrogens with zero attached hydrogens (tertiary/aromatic N) is 2. The molecule has 0 bridgehead atoms. The van der Waals surface area contributed by atoms with Gasteiger partial charge in [0, 0.05) is 6.54 Å². The van der Waals surface area contributed by atoms with E-state index in [4.69, 9.17) is 5.26 Å². The highest BCUT2D eigenvalue weighted by Gasteiger charge is 2.21. The second-order valence-corrected chi connectivity index (χ2v) is 5.09. The van der Waals surface area contributed by atoms with E-state index in [1.54, 1.807) is 0 Å². The van der Waals surface area contributed by atoms with Crippen LogP contribution in [0.3, 0.4) is 0 Å². The van der Waals surface area contributed by atoms with E-state index in [1.165, 1.54) is 0 Å². The van der Waals surface area contributed by atoms with E-state index in [0.717, 1.165) is 45.4 Å². The first-order valence-corrected chi connectivity index (χ1v) is 7.10. The van der Waals surface area contributed by atoms with Gasteiger partial charge in [0.25, 0.3) is 0 Å². The van der Waals surface area contributed by atoms with E-state index < -0.39 is 5.92 Å². The van der Waals surface area contributed by atoms with E-state index in [1.807, 2.05) is 6.92 Å². The van der Waals surface area contributed by atoms with E-state index >= 15 is 0 Å². The number of nitriles is 1. The SMILES string of the molecule is CCCC(C#N)C(=O)NCC1CCN(CC)CC1. The van der Waals surface area contributed by atoms with Crippen molar-refractivity contribution in [3.63, 3.8) is 0 Å². The molecule has 1 saturated heterocycles. The number of hydrogen-bond donors (Lipinski definition) is 1. The molecule has 0 spiro atoms. The van der Waals surface area contributed by atoms with Crippen molar-refractivity contribution < 1.29 is 4.79 Å². The third kappa shape index (κ3) is 4.66. The number of rotatable bonds is 6. The standard InChI is InChI=1S/C14H25N3O/c1-3-5-13(10-15)14(18)16-11-12-6-8-17(4-2)9-7-12/h12-13H,3-9,11H2,1-2H3,(H,16,18). The van der Waals surface area contributed by atoms with Crippen LogP contribution in [-0.4, -0.2) is 37.0 Å². The lowest BCUT2D eigenvalue weighted by molar-refractivity contribution is -0.123. The molecule has 1 rings (SSSR count). The lowest BCUT2D eigenvalue weighted by atomic mass is 9.96. The molecular formula is C14H25N3O. The zero-order valence-electron chi connectivity index (χ0n) is 11.6. The lowest BCUT2D eigenvalue weighted by Gasteiger charge is -2.31. The molecule has 1 aliphatic rings. The first-order chi connectivity index (χ1) is 8.71. The van der Waals surface area contributed by atoms with Gasteiger partial charge in [-0.3, -0.25) is 4.79 Å². The molecule has 4 heteroatoms.